The molecule has 1 aliphatic carbocycles. The van der Waals surface area contributed by atoms with Gasteiger partial charge in [-0.25, -0.2) is 9.78 Å². The van der Waals surface area contributed by atoms with E-state index in [2.05, 4.69) is 45.2 Å². The number of rotatable bonds is 1. The van der Waals surface area contributed by atoms with Crippen LogP contribution in [0.4, 0.5) is 4.79 Å². The van der Waals surface area contributed by atoms with Crippen molar-refractivity contribution >= 4 is 43.8 Å². The lowest BCUT2D eigenvalue weighted by molar-refractivity contribution is 0.00482. The summed E-state index contributed by atoms with van der Waals surface area (Å²) < 4.78 is 6.78. The van der Waals surface area contributed by atoms with Crippen molar-refractivity contribution in [3.63, 3.8) is 0 Å². The number of amides is 1. The summed E-state index contributed by atoms with van der Waals surface area (Å²) >= 11 is 3.54. The molecule has 3 atom stereocenters. The normalized spacial score (nSPS) is 24.4. The topological polar surface area (TPSA) is 58.2 Å². The van der Waals surface area contributed by atoms with Crippen LogP contribution < -0.4 is 0 Å². The van der Waals surface area contributed by atoms with Gasteiger partial charge in [-0.3, -0.25) is 4.90 Å². The van der Waals surface area contributed by atoms with Gasteiger partial charge in [-0.2, -0.15) is 0 Å². The summed E-state index contributed by atoms with van der Waals surface area (Å²) in [5, 5.41) is 2.27. The number of aromatic nitrogens is 2. The van der Waals surface area contributed by atoms with Gasteiger partial charge < -0.3 is 9.72 Å². The number of imidazole rings is 1. The number of halogens is 1. The van der Waals surface area contributed by atoms with Crippen molar-refractivity contribution < 1.29 is 9.53 Å². The highest BCUT2D eigenvalue weighted by atomic mass is 79.9. The maximum Gasteiger partial charge on any atom is 0.411 e. The maximum absolute atomic E-state index is 13.0. The maximum atomic E-state index is 13.0. The SMILES string of the molecule is CC(C)(C)OC(=O)N1C(c2nc3c(ccc4cc(Br)ccc43)[nH]2)CC2CCC21. The molecule has 3 aromatic rings. The summed E-state index contributed by atoms with van der Waals surface area (Å²) in [7, 11) is 0. The van der Waals surface area contributed by atoms with Gasteiger partial charge in [0, 0.05) is 15.9 Å². The Morgan fingerprint density at radius 1 is 1.25 bits per heavy atom. The third kappa shape index (κ3) is 2.89. The Morgan fingerprint density at radius 3 is 2.79 bits per heavy atom. The average Bonchev–Trinajstić information content (AvgIpc) is 3.12. The molecule has 0 radical (unpaired) electrons. The predicted molar refractivity (Wildman–Crippen MR) is 113 cm³/mol. The Balaban J connectivity index is 1.56. The highest BCUT2D eigenvalue weighted by Gasteiger charge is 2.51. The number of hydrogen-bond donors (Lipinski definition) is 1. The lowest BCUT2D eigenvalue weighted by atomic mass is 9.80. The van der Waals surface area contributed by atoms with E-state index < -0.39 is 5.60 Å². The van der Waals surface area contributed by atoms with Gasteiger partial charge in [0.25, 0.3) is 0 Å². The van der Waals surface area contributed by atoms with Gasteiger partial charge in [0.1, 0.15) is 11.4 Å². The van der Waals surface area contributed by atoms with Gasteiger partial charge in [0.05, 0.1) is 17.1 Å². The second kappa shape index (κ2) is 6.21. The molecule has 1 saturated carbocycles. The largest absolute Gasteiger partial charge is 0.444 e. The summed E-state index contributed by atoms with van der Waals surface area (Å²) in [5.41, 5.74) is 1.47. The highest BCUT2D eigenvalue weighted by molar-refractivity contribution is 9.10. The van der Waals surface area contributed by atoms with E-state index in [1.165, 1.54) is 6.42 Å². The van der Waals surface area contributed by atoms with Crippen molar-refractivity contribution in [2.24, 2.45) is 5.92 Å². The molecule has 1 N–H and O–H groups in total. The number of hydrogen-bond acceptors (Lipinski definition) is 3. The molecule has 1 aromatic heterocycles. The van der Waals surface area contributed by atoms with Crippen LogP contribution in [0, 0.1) is 5.92 Å². The molecule has 1 aliphatic heterocycles. The van der Waals surface area contributed by atoms with Crippen molar-refractivity contribution in [1.29, 1.82) is 0 Å². The van der Waals surface area contributed by atoms with Crippen LogP contribution in [-0.4, -0.2) is 32.6 Å². The zero-order valence-electron chi connectivity index (χ0n) is 16.3. The van der Waals surface area contributed by atoms with Crippen molar-refractivity contribution in [2.45, 2.75) is 57.7 Å². The van der Waals surface area contributed by atoms with Crippen molar-refractivity contribution in [3.05, 3.63) is 40.6 Å². The Bertz CT molecular complexity index is 1080. The minimum atomic E-state index is -0.499. The Labute approximate surface area is 172 Å². The number of nitrogens with one attached hydrogen (secondary N) is 1. The number of fused-ring (bicyclic) bond motifs is 4. The van der Waals surface area contributed by atoms with Crippen LogP contribution >= 0.6 is 15.9 Å². The van der Waals surface area contributed by atoms with Gasteiger partial charge in [-0.15, -0.1) is 0 Å². The molecule has 5 nitrogen and oxygen atoms in total. The lowest BCUT2D eigenvalue weighted by Crippen LogP contribution is -2.46. The van der Waals surface area contributed by atoms with E-state index in [0.29, 0.717) is 5.92 Å². The molecule has 6 heteroatoms. The first-order chi connectivity index (χ1) is 13.3. The molecular formula is C22H24BrN3O2. The molecule has 1 amide bonds. The van der Waals surface area contributed by atoms with Crippen LogP contribution in [0.2, 0.25) is 0 Å². The van der Waals surface area contributed by atoms with E-state index >= 15 is 0 Å². The lowest BCUT2D eigenvalue weighted by Gasteiger charge is -2.37. The standard InChI is InChI=1S/C22H24BrN3O2/c1-22(2,3)28-21(27)26-17-9-5-13(17)11-18(26)20-24-16-8-4-12-10-14(23)6-7-15(12)19(16)25-20/h4,6-8,10,13,17-18H,5,9,11H2,1-3H3,(H,24,25). The van der Waals surface area contributed by atoms with Crippen LogP contribution in [0.25, 0.3) is 21.8 Å². The quantitative estimate of drug-likeness (QED) is 0.508. The third-order valence-electron chi connectivity index (χ3n) is 5.96. The van der Waals surface area contributed by atoms with Crippen molar-refractivity contribution in [2.75, 3.05) is 0 Å². The summed E-state index contributed by atoms with van der Waals surface area (Å²) in [6.07, 6.45) is 2.96. The van der Waals surface area contributed by atoms with E-state index in [1.807, 2.05) is 31.7 Å². The Morgan fingerprint density at radius 2 is 2.07 bits per heavy atom. The van der Waals surface area contributed by atoms with Gasteiger partial charge in [-0.1, -0.05) is 28.1 Å². The molecule has 3 unspecified atom stereocenters. The Hall–Kier alpha value is -2.08. The predicted octanol–water partition coefficient (Wildman–Crippen LogP) is 5.94. The molecule has 0 bridgehead atoms. The summed E-state index contributed by atoms with van der Waals surface area (Å²) in [4.78, 5) is 23.3. The number of carbonyl (C=O) groups is 1. The first kappa shape index (κ1) is 18.0. The van der Waals surface area contributed by atoms with Crippen molar-refractivity contribution in [3.8, 4) is 0 Å². The van der Waals surface area contributed by atoms with Crippen LogP contribution in [-0.2, 0) is 4.74 Å². The van der Waals surface area contributed by atoms with E-state index in [1.54, 1.807) is 0 Å². The van der Waals surface area contributed by atoms with Crippen LogP contribution in [0.15, 0.2) is 34.8 Å². The summed E-state index contributed by atoms with van der Waals surface area (Å²) in [6, 6.07) is 10.6. The van der Waals surface area contributed by atoms with Gasteiger partial charge >= 0.3 is 6.09 Å². The molecule has 146 valence electrons. The van der Waals surface area contributed by atoms with E-state index in [0.717, 1.165) is 44.9 Å². The first-order valence-electron chi connectivity index (χ1n) is 9.89. The molecule has 5 rings (SSSR count). The molecule has 2 aliphatic rings. The van der Waals surface area contributed by atoms with Crippen molar-refractivity contribution in [1.82, 2.24) is 14.9 Å². The minimum Gasteiger partial charge on any atom is -0.444 e. The number of H-pyrrole nitrogens is 1. The second-order valence-electron chi connectivity index (χ2n) is 8.99. The highest BCUT2D eigenvalue weighted by Crippen LogP contribution is 2.50. The minimum absolute atomic E-state index is 0.0507. The summed E-state index contributed by atoms with van der Waals surface area (Å²) in [6.45, 7) is 5.75. The zero-order chi connectivity index (χ0) is 19.6. The monoisotopic (exact) mass is 441 g/mol. The number of nitrogens with zero attached hydrogens (tertiary/aromatic N) is 2. The van der Waals surface area contributed by atoms with Gasteiger partial charge in [-0.05, 0) is 69.5 Å². The van der Waals surface area contributed by atoms with E-state index in [-0.39, 0.29) is 18.2 Å². The fourth-order valence-corrected chi connectivity index (χ4v) is 4.97. The molecule has 2 fully saturated rings. The molecule has 2 aromatic carbocycles. The van der Waals surface area contributed by atoms with Gasteiger partial charge in [0.2, 0.25) is 0 Å². The molecule has 2 heterocycles. The molecule has 28 heavy (non-hydrogen) atoms. The Kier molecular flexibility index (Phi) is 3.99. The second-order valence-corrected chi connectivity index (χ2v) is 9.91. The molecular weight excluding hydrogens is 418 g/mol. The van der Waals surface area contributed by atoms with Gasteiger partial charge in [0.15, 0.2) is 0 Å². The fraction of sp³-hybridized carbons (Fsp3) is 0.455. The first-order valence-corrected chi connectivity index (χ1v) is 10.7. The number of ether oxygens (including phenoxy) is 1. The molecule has 0 spiro atoms. The summed E-state index contributed by atoms with van der Waals surface area (Å²) in [5.74, 6) is 1.42. The van der Waals surface area contributed by atoms with E-state index in [9.17, 15) is 4.79 Å². The number of likely N-dealkylation sites (tertiary alicyclic amines) is 1. The number of benzene rings is 2. The average molecular weight is 442 g/mol. The van der Waals surface area contributed by atoms with E-state index in [4.69, 9.17) is 9.72 Å². The number of aromatic amines is 1. The fourth-order valence-electron chi connectivity index (χ4n) is 4.59. The third-order valence-corrected chi connectivity index (χ3v) is 6.46. The number of carbonyl (C=O) groups excluding carboxylic acids is 1. The molecule has 1 saturated heterocycles. The van der Waals surface area contributed by atoms with Crippen LogP contribution in [0.3, 0.4) is 0 Å². The van der Waals surface area contributed by atoms with Crippen LogP contribution in [0.1, 0.15) is 51.9 Å². The van der Waals surface area contributed by atoms with Crippen LogP contribution in [0.5, 0.6) is 0 Å². The smallest absolute Gasteiger partial charge is 0.411 e. The zero-order valence-corrected chi connectivity index (χ0v) is 17.9.